The molecular weight excluding hydrogens is 268 g/mol. The minimum Gasteiger partial charge on any atom is -0.370 e. The summed E-state index contributed by atoms with van der Waals surface area (Å²) in [5, 5.41) is 4.31. The summed E-state index contributed by atoms with van der Waals surface area (Å²) in [5.74, 6) is 0. The Morgan fingerprint density at radius 1 is 1.40 bits per heavy atom. The number of nitrogens with zero attached hydrogens (tertiary/aromatic N) is 1. The minimum atomic E-state index is 0.351. The average molecular weight is 295 g/mol. The van der Waals surface area contributed by atoms with Crippen LogP contribution in [0.1, 0.15) is 52.1 Å². The van der Waals surface area contributed by atoms with Crippen LogP contribution in [0, 0.1) is 5.41 Å². The van der Waals surface area contributed by atoms with Gasteiger partial charge in [-0.15, -0.1) is 0 Å². The van der Waals surface area contributed by atoms with Crippen LogP contribution in [0.2, 0.25) is 5.02 Å². The third-order valence-corrected chi connectivity index (χ3v) is 4.53. The van der Waals surface area contributed by atoms with Gasteiger partial charge in [0.05, 0.1) is 10.7 Å². The van der Waals surface area contributed by atoms with Gasteiger partial charge in [-0.25, -0.2) is 0 Å². The van der Waals surface area contributed by atoms with Gasteiger partial charge in [0.25, 0.3) is 0 Å². The lowest BCUT2D eigenvalue weighted by Crippen LogP contribution is -2.40. The maximum atomic E-state index is 6.53. The number of benzene rings is 1. The van der Waals surface area contributed by atoms with E-state index in [2.05, 4.69) is 56.1 Å². The van der Waals surface area contributed by atoms with Crippen LogP contribution in [-0.4, -0.2) is 19.6 Å². The highest BCUT2D eigenvalue weighted by Crippen LogP contribution is 2.35. The summed E-state index contributed by atoms with van der Waals surface area (Å²) in [4.78, 5) is 2.44. The molecule has 0 aliphatic carbocycles. The monoisotopic (exact) mass is 294 g/mol. The van der Waals surface area contributed by atoms with E-state index in [0.29, 0.717) is 11.5 Å². The number of anilines is 1. The molecule has 1 atom stereocenters. The van der Waals surface area contributed by atoms with Crippen molar-refractivity contribution in [2.45, 2.75) is 46.6 Å². The largest absolute Gasteiger partial charge is 0.370 e. The Balaban J connectivity index is 2.17. The van der Waals surface area contributed by atoms with Crippen LogP contribution in [0.5, 0.6) is 0 Å². The SMILES string of the molecule is CCNC(C)c1ccc(N2CCCC(C)(C)C2)c(Cl)c1. The van der Waals surface area contributed by atoms with E-state index >= 15 is 0 Å². The van der Waals surface area contributed by atoms with Crippen molar-refractivity contribution in [1.29, 1.82) is 0 Å². The summed E-state index contributed by atoms with van der Waals surface area (Å²) in [5.41, 5.74) is 2.83. The van der Waals surface area contributed by atoms with Crippen molar-refractivity contribution in [2.24, 2.45) is 5.41 Å². The van der Waals surface area contributed by atoms with Crippen molar-refractivity contribution in [3.63, 3.8) is 0 Å². The summed E-state index contributed by atoms with van der Waals surface area (Å²) >= 11 is 6.53. The first kappa shape index (κ1) is 15.7. The Kier molecular flexibility index (Phi) is 4.98. The first-order valence-electron chi connectivity index (χ1n) is 7.71. The van der Waals surface area contributed by atoms with Gasteiger partial charge in [-0.05, 0) is 49.4 Å². The lowest BCUT2D eigenvalue weighted by molar-refractivity contribution is 0.293. The van der Waals surface area contributed by atoms with Gasteiger partial charge in [-0.3, -0.25) is 0 Å². The van der Waals surface area contributed by atoms with E-state index in [0.717, 1.165) is 24.7 Å². The van der Waals surface area contributed by atoms with Crippen LogP contribution in [0.15, 0.2) is 18.2 Å². The molecule has 0 saturated carbocycles. The van der Waals surface area contributed by atoms with Gasteiger partial charge in [-0.1, -0.05) is 38.4 Å². The molecule has 0 spiro atoms. The molecule has 0 aromatic heterocycles. The van der Waals surface area contributed by atoms with Gasteiger partial charge in [0.15, 0.2) is 0 Å². The van der Waals surface area contributed by atoms with Crippen LogP contribution in [0.3, 0.4) is 0 Å². The Bertz CT molecular complexity index is 456. The number of hydrogen-bond acceptors (Lipinski definition) is 2. The van der Waals surface area contributed by atoms with Crippen molar-refractivity contribution < 1.29 is 0 Å². The molecule has 1 heterocycles. The van der Waals surface area contributed by atoms with Crippen molar-refractivity contribution in [1.82, 2.24) is 5.32 Å². The van der Waals surface area contributed by atoms with E-state index in [1.54, 1.807) is 0 Å². The number of halogens is 1. The van der Waals surface area contributed by atoms with Gasteiger partial charge < -0.3 is 10.2 Å². The van der Waals surface area contributed by atoms with Crippen LogP contribution in [0.4, 0.5) is 5.69 Å². The second kappa shape index (κ2) is 6.36. The van der Waals surface area contributed by atoms with E-state index in [1.807, 2.05) is 0 Å². The molecule has 1 aliphatic heterocycles. The predicted molar refractivity (Wildman–Crippen MR) is 88.8 cm³/mol. The molecule has 1 aromatic rings. The summed E-state index contributed by atoms with van der Waals surface area (Å²) in [7, 11) is 0. The van der Waals surface area contributed by atoms with Crippen LogP contribution in [-0.2, 0) is 0 Å². The fourth-order valence-electron chi connectivity index (χ4n) is 3.10. The molecule has 1 saturated heterocycles. The molecule has 1 aromatic carbocycles. The topological polar surface area (TPSA) is 15.3 Å². The van der Waals surface area contributed by atoms with Gasteiger partial charge in [0.1, 0.15) is 0 Å². The molecule has 112 valence electrons. The molecule has 1 aliphatic rings. The second-order valence-electron chi connectivity index (χ2n) is 6.68. The van der Waals surface area contributed by atoms with Crippen molar-refractivity contribution in [3.05, 3.63) is 28.8 Å². The molecule has 3 heteroatoms. The number of rotatable bonds is 4. The van der Waals surface area contributed by atoms with Gasteiger partial charge >= 0.3 is 0 Å². The minimum absolute atomic E-state index is 0.351. The smallest absolute Gasteiger partial charge is 0.0642 e. The predicted octanol–water partition coefficient (Wildman–Crippen LogP) is 4.64. The van der Waals surface area contributed by atoms with E-state index in [9.17, 15) is 0 Å². The number of piperidine rings is 1. The van der Waals surface area contributed by atoms with Crippen LogP contribution < -0.4 is 10.2 Å². The lowest BCUT2D eigenvalue weighted by atomic mass is 9.84. The van der Waals surface area contributed by atoms with Gasteiger partial charge in [0, 0.05) is 19.1 Å². The molecular formula is C17H27ClN2. The van der Waals surface area contributed by atoms with Crippen molar-refractivity contribution in [2.75, 3.05) is 24.5 Å². The normalized spacial score (nSPS) is 19.9. The summed E-state index contributed by atoms with van der Waals surface area (Å²) in [6.07, 6.45) is 2.55. The summed E-state index contributed by atoms with van der Waals surface area (Å²) in [6.45, 7) is 12.2. The Morgan fingerprint density at radius 2 is 2.15 bits per heavy atom. The zero-order chi connectivity index (χ0) is 14.8. The third kappa shape index (κ3) is 3.67. The molecule has 1 N–H and O–H groups in total. The van der Waals surface area contributed by atoms with Gasteiger partial charge in [0.2, 0.25) is 0 Å². The fourth-order valence-corrected chi connectivity index (χ4v) is 3.41. The molecule has 1 fully saturated rings. The lowest BCUT2D eigenvalue weighted by Gasteiger charge is -2.40. The second-order valence-corrected chi connectivity index (χ2v) is 7.09. The van der Waals surface area contributed by atoms with E-state index in [1.165, 1.54) is 24.1 Å². The van der Waals surface area contributed by atoms with Crippen LogP contribution in [0.25, 0.3) is 0 Å². The van der Waals surface area contributed by atoms with E-state index < -0.39 is 0 Å². The van der Waals surface area contributed by atoms with Crippen molar-refractivity contribution in [3.8, 4) is 0 Å². The average Bonchev–Trinajstić information content (AvgIpc) is 2.37. The van der Waals surface area contributed by atoms with E-state index in [4.69, 9.17) is 11.6 Å². The molecule has 0 bridgehead atoms. The molecule has 2 rings (SSSR count). The fraction of sp³-hybridized carbons (Fsp3) is 0.647. The molecule has 2 nitrogen and oxygen atoms in total. The molecule has 0 amide bonds. The standard InChI is InChI=1S/C17H27ClN2/c1-5-19-13(2)14-7-8-16(15(18)11-14)20-10-6-9-17(3,4)12-20/h7-8,11,13,19H,5-6,9-10,12H2,1-4H3. The van der Waals surface area contributed by atoms with Gasteiger partial charge in [-0.2, -0.15) is 0 Å². The first-order valence-corrected chi connectivity index (χ1v) is 8.08. The quantitative estimate of drug-likeness (QED) is 0.870. The van der Waals surface area contributed by atoms with Crippen molar-refractivity contribution >= 4 is 17.3 Å². The third-order valence-electron chi connectivity index (χ3n) is 4.22. The molecule has 1 unspecified atom stereocenters. The summed E-state index contributed by atoms with van der Waals surface area (Å²) in [6, 6.07) is 6.86. The Labute approximate surface area is 128 Å². The maximum absolute atomic E-state index is 6.53. The zero-order valence-corrected chi connectivity index (χ0v) is 13.9. The van der Waals surface area contributed by atoms with Crippen LogP contribution >= 0.6 is 11.6 Å². The molecule has 0 radical (unpaired) electrons. The highest BCUT2D eigenvalue weighted by atomic mass is 35.5. The first-order chi connectivity index (χ1) is 9.43. The highest BCUT2D eigenvalue weighted by Gasteiger charge is 2.27. The maximum Gasteiger partial charge on any atom is 0.0642 e. The molecule has 20 heavy (non-hydrogen) atoms. The Hall–Kier alpha value is -0.730. The zero-order valence-electron chi connectivity index (χ0n) is 13.2. The highest BCUT2D eigenvalue weighted by molar-refractivity contribution is 6.33. The Morgan fingerprint density at radius 3 is 2.75 bits per heavy atom. The number of hydrogen-bond donors (Lipinski definition) is 1. The number of nitrogens with one attached hydrogen (secondary N) is 1. The van der Waals surface area contributed by atoms with E-state index in [-0.39, 0.29) is 0 Å². The summed E-state index contributed by atoms with van der Waals surface area (Å²) < 4.78 is 0.